The van der Waals surface area contributed by atoms with Crippen molar-refractivity contribution in [2.24, 2.45) is 0 Å². The Hall–Kier alpha value is -1.83. The molecule has 1 aliphatic heterocycles. The molecule has 2 aromatic rings. The summed E-state index contributed by atoms with van der Waals surface area (Å²) in [5.74, 6) is 0.460. The van der Waals surface area contributed by atoms with Gasteiger partial charge in [-0.3, -0.25) is 0 Å². The van der Waals surface area contributed by atoms with Gasteiger partial charge in [0.15, 0.2) is 0 Å². The van der Waals surface area contributed by atoms with E-state index in [4.69, 9.17) is 0 Å². The fourth-order valence-corrected chi connectivity index (χ4v) is 2.88. The van der Waals surface area contributed by atoms with Crippen LogP contribution in [0, 0.1) is 5.82 Å². The van der Waals surface area contributed by atoms with E-state index < -0.39 is 0 Å². The number of anilines is 1. The number of nitrogens with one attached hydrogen (secondary N) is 1. The highest BCUT2D eigenvalue weighted by Crippen LogP contribution is 2.34. The summed E-state index contributed by atoms with van der Waals surface area (Å²) in [6, 6.07) is 15.6. The van der Waals surface area contributed by atoms with Gasteiger partial charge in [0.25, 0.3) is 0 Å². The molecule has 0 aromatic heterocycles. The molecule has 0 saturated heterocycles. The summed E-state index contributed by atoms with van der Waals surface area (Å²) in [6.07, 6.45) is 2.96. The minimum absolute atomic E-state index is 0.0790. The van der Waals surface area contributed by atoms with Crippen LogP contribution in [0.3, 0.4) is 0 Å². The summed E-state index contributed by atoms with van der Waals surface area (Å²) in [5.41, 5.74) is 3.45. The van der Waals surface area contributed by atoms with Crippen molar-refractivity contribution >= 4 is 5.69 Å². The van der Waals surface area contributed by atoms with Crippen LogP contribution in [0.4, 0.5) is 10.1 Å². The van der Waals surface area contributed by atoms with Crippen LogP contribution < -0.4 is 5.32 Å². The number of hydrogen-bond donors (Lipinski definition) is 1. The lowest BCUT2D eigenvalue weighted by atomic mass is 9.86. The molecule has 1 atom stereocenters. The first-order valence-electron chi connectivity index (χ1n) is 6.91. The largest absolute Gasteiger partial charge is 0.385 e. The Labute approximate surface area is 113 Å². The van der Waals surface area contributed by atoms with Gasteiger partial charge in [-0.05, 0) is 48.4 Å². The Morgan fingerprint density at radius 2 is 1.84 bits per heavy atom. The first-order chi connectivity index (χ1) is 9.34. The van der Waals surface area contributed by atoms with Gasteiger partial charge in [0.05, 0.1) is 0 Å². The molecular weight excluding hydrogens is 237 g/mol. The fraction of sp³-hybridized carbons (Fsp3) is 0.294. The van der Waals surface area contributed by atoms with Gasteiger partial charge in [-0.1, -0.05) is 36.4 Å². The zero-order valence-corrected chi connectivity index (χ0v) is 10.9. The number of fused-ring (bicyclic) bond motifs is 1. The monoisotopic (exact) mass is 255 g/mol. The number of halogens is 1. The van der Waals surface area contributed by atoms with Crippen molar-refractivity contribution in [1.29, 1.82) is 0 Å². The van der Waals surface area contributed by atoms with Crippen LogP contribution in [0.2, 0.25) is 0 Å². The third kappa shape index (κ3) is 2.62. The van der Waals surface area contributed by atoms with Crippen LogP contribution in [-0.4, -0.2) is 6.54 Å². The van der Waals surface area contributed by atoms with Crippen molar-refractivity contribution < 1.29 is 4.39 Å². The van der Waals surface area contributed by atoms with Gasteiger partial charge in [0, 0.05) is 12.2 Å². The van der Waals surface area contributed by atoms with E-state index in [1.54, 1.807) is 12.1 Å². The third-order valence-corrected chi connectivity index (χ3v) is 3.93. The van der Waals surface area contributed by atoms with E-state index in [2.05, 4.69) is 29.6 Å². The zero-order valence-electron chi connectivity index (χ0n) is 10.9. The fourth-order valence-electron chi connectivity index (χ4n) is 2.88. The summed E-state index contributed by atoms with van der Waals surface area (Å²) in [6.45, 7) is 1.01. The van der Waals surface area contributed by atoms with Crippen LogP contribution in [-0.2, 0) is 6.42 Å². The van der Waals surface area contributed by atoms with Gasteiger partial charge in [-0.2, -0.15) is 0 Å². The highest BCUT2D eigenvalue weighted by molar-refractivity contribution is 5.54. The molecule has 0 saturated carbocycles. The Morgan fingerprint density at radius 1 is 1.05 bits per heavy atom. The second kappa shape index (κ2) is 5.43. The summed E-state index contributed by atoms with van der Waals surface area (Å²) in [7, 11) is 0. The average Bonchev–Trinajstić information content (AvgIpc) is 2.46. The van der Waals surface area contributed by atoms with Crippen molar-refractivity contribution in [2.45, 2.75) is 25.2 Å². The van der Waals surface area contributed by atoms with Crippen LogP contribution >= 0.6 is 0 Å². The lowest BCUT2D eigenvalue weighted by molar-refractivity contribution is 0.557. The van der Waals surface area contributed by atoms with Gasteiger partial charge < -0.3 is 5.32 Å². The van der Waals surface area contributed by atoms with E-state index in [9.17, 15) is 4.39 Å². The molecule has 0 bridgehead atoms. The normalized spacial score (nSPS) is 17.6. The minimum atomic E-state index is -0.0790. The van der Waals surface area contributed by atoms with E-state index in [0.29, 0.717) is 5.92 Å². The molecule has 1 heterocycles. The van der Waals surface area contributed by atoms with Crippen molar-refractivity contribution in [2.75, 3.05) is 11.9 Å². The molecule has 1 N–H and O–H groups in total. The van der Waals surface area contributed by atoms with Gasteiger partial charge in [0.1, 0.15) is 5.82 Å². The van der Waals surface area contributed by atoms with Crippen molar-refractivity contribution in [3.8, 4) is 0 Å². The highest BCUT2D eigenvalue weighted by Gasteiger charge is 2.19. The smallest absolute Gasteiger partial charge is 0.126 e. The zero-order chi connectivity index (χ0) is 13.1. The Kier molecular flexibility index (Phi) is 3.49. The van der Waals surface area contributed by atoms with Crippen molar-refractivity contribution in [3.63, 3.8) is 0 Å². The Bertz CT molecular complexity index is 565. The molecule has 0 fully saturated rings. The summed E-state index contributed by atoms with van der Waals surface area (Å²) in [5, 5.41) is 3.43. The number of benzene rings is 2. The predicted molar refractivity (Wildman–Crippen MR) is 77.0 cm³/mol. The van der Waals surface area contributed by atoms with E-state index in [0.717, 1.165) is 31.4 Å². The molecule has 2 heteroatoms. The first-order valence-corrected chi connectivity index (χ1v) is 6.91. The highest BCUT2D eigenvalue weighted by atomic mass is 19.1. The van der Waals surface area contributed by atoms with Gasteiger partial charge in [-0.25, -0.2) is 4.39 Å². The second-order valence-corrected chi connectivity index (χ2v) is 5.13. The molecule has 0 aliphatic carbocycles. The second-order valence-electron chi connectivity index (χ2n) is 5.13. The van der Waals surface area contributed by atoms with E-state index in [1.807, 2.05) is 12.1 Å². The third-order valence-electron chi connectivity index (χ3n) is 3.93. The van der Waals surface area contributed by atoms with E-state index in [1.165, 1.54) is 11.3 Å². The standard InChI is InChI=1S/C17H18FN/c18-16-7-3-1-5-14(16)10-9-13-11-12-19-17-8-4-2-6-15(13)17/h1-8,13,19H,9-12H2. The minimum Gasteiger partial charge on any atom is -0.385 e. The van der Waals surface area contributed by atoms with Gasteiger partial charge in [0.2, 0.25) is 0 Å². The Morgan fingerprint density at radius 3 is 2.74 bits per heavy atom. The van der Waals surface area contributed by atoms with Crippen LogP contribution in [0.1, 0.15) is 29.9 Å². The maximum atomic E-state index is 13.6. The van der Waals surface area contributed by atoms with Crippen LogP contribution in [0.15, 0.2) is 48.5 Å². The molecule has 3 rings (SSSR count). The van der Waals surface area contributed by atoms with Gasteiger partial charge in [-0.15, -0.1) is 0 Å². The summed E-state index contributed by atoms with van der Waals surface area (Å²) < 4.78 is 13.6. The molecule has 0 radical (unpaired) electrons. The van der Waals surface area contributed by atoms with Crippen molar-refractivity contribution in [1.82, 2.24) is 0 Å². The first kappa shape index (κ1) is 12.2. The lowest BCUT2D eigenvalue weighted by Crippen LogP contribution is -2.17. The molecule has 98 valence electrons. The molecule has 1 aliphatic rings. The SMILES string of the molecule is Fc1ccccc1CCC1CCNc2ccccc21. The quantitative estimate of drug-likeness (QED) is 0.859. The molecule has 19 heavy (non-hydrogen) atoms. The number of aryl methyl sites for hydroxylation is 1. The number of hydrogen-bond acceptors (Lipinski definition) is 1. The molecule has 0 amide bonds. The predicted octanol–water partition coefficient (Wildman–Crippen LogP) is 4.36. The summed E-state index contributed by atoms with van der Waals surface area (Å²) >= 11 is 0. The molecule has 0 spiro atoms. The van der Waals surface area contributed by atoms with E-state index in [-0.39, 0.29) is 5.82 Å². The number of rotatable bonds is 3. The maximum Gasteiger partial charge on any atom is 0.126 e. The average molecular weight is 255 g/mol. The lowest BCUT2D eigenvalue weighted by Gasteiger charge is -2.26. The topological polar surface area (TPSA) is 12.0 Å². The number of para-hydroxylation sites is 1. The molecule has 2 aromatic carbocycles. The maximum absolute atomic E-state index is 13.6. The molecule has 1 unspecified atom stereocenters. The van der Waals surface area contributed by atoms with Gasteiger partial charge >= 0.3 is 0 Å². The van der Waals surface area contributed by atoms with Crippen LogP contribution in [0.5, 0.6) is 0 Å². The molecule has 1 nitrogen and oxygen atoms in total. The summed E-state index contributed by atoms with van der Waals surface area (Å²) in [4.78, 5) is 0. The van der Waals surface area contributed by atoms with E-state index >= 15 is 0 Å². The molecular formula is C17H18FN. The van der Waals surface area contributed by atoms with Crippen molar-refractivity contribution in [3.05, 3.63) is 65.5 Å². The van der Waals surface area contributed by atoms with Crippen LogP contribution in [0.25, 0.3) is 0 Å². The Balaban J connectivity index is 1.73.